The van der Waals surface area contributed by atoms with Crippen LogP contribution in [-0.2, 0) is 22.2 Å². The maximum atomic E-state index is 13.0. The summed E-state index contributed by atoms with van der Waals surface area (Å²) < 4.78 is 39.1. The molecule has 0 spiro atoms. The molecule has 2 amide bonds. The van der Waals surface area contributed by atoms with Gasteiger partial charge in [-0.1, -0.05) is 56.3 Å². The van der Waals surface area contributed by atoms with Crippen molar-refractivity contribution in [2.24, 2.45) is 5.92 Å². The zero-order valence-corrected chi connectivity index (χ0v) is 15.5. The average Bonchev–Trinajstić information content (AvgIpc) is 2.64. The molecular formula is C20H22F3N3O2. The van der Waals surface area contributed by atoms with Crippen LogP contribution in [0, 0.1) is 5.92 Å². The van der Waals surface area contributed by atoms with Crippen molar-refractivity contribution in [2.75, 3.05) is 5.43 Å². The minimum Gasteiger partial charge on any atom is -0.344 e. The molecule has 0 saturated heterocycles. The number of alkyl halides is 3. The first kappa shape index (κ1) is 21.3. The molecule has 1 unspecified atom stereocenters. The summed E-state index contributed by atoms with van der Waals surface area (Å²) in [5.74, 6) is -1.25. The largest absolute Gasteiger partial charge is 0.418 e. The summed E-state index contributed by atoms with van der Waals surface area (Å²) in [4.78, 5) is 24.7. The topological polar surface area (TPSA) is 70.2 Å². The molecule has 0 aliphatic heterocycles. The summed E-state index contributed by atoms with van der Waals surface area (Å²) in [6, 6.07) is 12.9. The van der Waals surface area contributed by atoms with Gasteiger partial charge in [-0.25, -0.2) is 0 Å². The molecule has 0 aromatic heterocycles. The number of carbonyl (C=O) groups is 2. The molecule has 1 atom stereocenters. The lowest BCUT2D eigenvalue weighted by Gasteiger charge is -2.23. The van der Waals surface area contributed by atoms with E-state index in [9.17, 15) is 22.8 Å². The van der Waals surface area contributed by atoms with Gasteiger partial charge in [-0.05, 0) is 23.6 Å². The molecule has 28 heavy (non-hydrogen) atoms. The van der Waals surface area contributed by atoms with Crippen LogP contribution in [0.3, 0.4) is 0 Å². The molecule has 2 rings (SSSR count). The van der Waals surface area contributed by atoms with E-state index in [4.69, 9.17) is 0 Å². The molecule has 8 heteroatoms. The first-order chi connectivity index (χ1) is 13.2. The van der Waals surface area contributed by atoms with Gasteiger partial charge in [-0.3, -0.25) is 20.4 Å². The maximum absolute atomic E-state index is 13.0. The number of halogens is 3. The van der Waals surface area contributed by atoms with Crippen molar-refractivity contribution >= 4 is 17.5 Å². The van der Waals surface area contributed by atoms with Gasteiger partial charge in [0.05, 0.1) is 17.7 Å². The van der Waals surface area contributed by atoms with Crippen molar-refractivity contribution in [3.05, 3.63) is 65.7 Å². The quantitative estimate of drug-likeness (QED) is 0.631. The van der Waals surface area contributed by atoms with Crippen molar-refractivity contribution in [1.29, 1.82) is 0 Å². The second-order valence-electron chi connectivity index (χ2n) is 6.61. The van der Waals surface area contributed by atoms with Crippen molar-refractivity contribution in [2.45, 2.75) is 32.5 Å². The lowest BCUT2D eigenvalue weighted by Crippen LogP contribution is -2.51. The van der Waals surface area contributed by atoms with E-state index in [-0.39, 0.29) is 23.9 Å². The van der Waals surface area contributed by atoms with Crippen molar-refractivity contribution in [3.8, 4) is 0 Å². The van der Waals surface area contributed by atoms with Gasteiger partial charge in [0.25, 0.3) is 5.91 Å². The Labute approximate surface area is 161 Å². The highest BCUT2D eigenvalue weighted by Crippen LogP contribution is 2.34. The van der Waals surface area contributed by atoms with Crippen LogP contribution < -0.4 is 16.2 Å². The summed E-state index contributed by atoms with van der Waals surface area (Å²) in [6.45, 7) is 3.47. The zero-order chi connectivity index (χ0) is 20.7. The average molecular weight is 393 g/mol. The highest BCUT2D eigenvalue weighted by molar-refractivity contribution is 5.89. The minimum absolute atomic E-state index is 0.0989. The Morgan fingerprint density at radius 2 is 1.57 bits per heavy atom. The van der Waals surface area contributed by atoms with E-state index in [0.29, 0.717) is 0 Å². The smallest absolute Gasteiger partial charge is 0.344 e. The minimum atomic E-state index is -4.56. The monoisotopic (exact) mass is 393 g/mol. The molecule has 0 radical (unpaired) electrons. The van der Waals surface area contributed by atoms with E-state index >= 15 is 0 Å². The molecule has 0 aliphatic carbocycles. The molecule has 2 aromatic rings. The molecule has 0 fully saturated rings. The Morgan fingerprint density at radius 3 is 2.18 bits per heavy atom. The second-order valence-corrected chi connectivity index (χ2v) is 6.61. The van der Waals surface area contributed by atoms with Crippen molar-refractivity contribution < 1.29 is 22.8 Å². The standard InChI is InChI=1S/C20H22F3N3O2/c1-13(2)18(24-17(27)12-14-8-4-3-5-9-14)19(28)26-25-16-11-7-6-10-15(16)20(21,22)23/h3-11,13,18,25H,12H2,1-2H3,(H,24,27)(H,26,28). The van der Waals surface area contributed by atoms with Crippen LogP contribution in [0.4, 0.5) is 18.9 Å². The van der Waals surface area contributed by atoms with Crippen LogP contribution in [-0.4, -0.2) is 17.9 Å². The Hall–Kier alpha value is -3.03. The van der Waals surface area contributed by atoms with E-state index in [0.717, 1.165) is 11.6 Å². The van der Waals surface area contributed by atoms with Crippen LogP contribution in [0.5, 0.6) is 0 Å². The van der Waals surface area contributed by atoms with Gasteiger partial charge >= 0.3 is 6.18 Å². The zero-order valence-electron chi connectivity index (χ0n) is 15.5. The number of carbonyl (C=O) groups excluding carboxylic acids is 2. The fourth-order valence-corrected chi connectivity index (χ4v) is 2.59. The molecule has 5 nitrogen and oxygen atoms in total. The summed E-state index contributed by atoms with van der Waals surface area (Å²) in [7, 11) is 0. The van der Waals surface area contributed by atoms with Crippen LogP contribution >= 0.6 is 0 Å². The second kappa shape index (κ2) is 9.25. The van der Waals surface area contributed by atoms with E-state index in [1.165, 1.54) is 18.2 Å². The van der Waals surface area contributed by atoms with Gasteiger partial charge < -0.3 is 5.32 Å². The fraction of sp³-hybridized carbons (Fsp3) is 0.300. The lowest BCUT2D eigenvalue weighted by atomic mass is 10.0. The van der Waals surface area contributed by atoms with Gasteiger partial charge in [-0.2, -0.15) is 13.2 Å². The predicted octanol–water partition coefficient (Wildman–Crippen LogP) is 3.53. The molecule has 0 heterocycles. The number of amides is 2. The number of rotatable bonds is 7. The molecular weight excluding hydrogens is 371 g/mol. The van der Waals surface area contributed by atoms with Gasteiger partial charge in [0.2, 0.25) is 5.91 Å². The van der Waals surface area contributed by atoms with Crippen LogP contribution in [0.15, 0.2) is 54.6 Å². The third kappa shape index (κ3) is 6.00. The van der Waals surface area contributed by atoms with E-state index in [1.807, 2.05) is 6.07 Å². The molecule has 0 saturated carbocycles. The first-order valence-electron chi connectivity index (χ1n) is 8.74. The highest BCUT2D eigenvalue weighted by Gasteiger charge is 2.33. The van der Waals surface area contributed by atoms with Crippen LogP contribution in [0.2, 0.25) is 0 Å². The summed E-state index contributed by atoms with van der Waals surface area (Å²) in [5, 5.41) is 2.63. The number of hydrogen-bond donors (Lipinski definition) is 3. The SMILES string of the molecule is CC(C)C(NC(=O)Cc1ccccc1)C(=O)NNc1ccccc1C(F)(F)F. The van der Waals surface area contributed by atoms with Crippen molar-refractivity contribution in [3.63, 3.8) is 0 Å². The molecule has 0 aliphatic rings. The number of benzene rings is 2. The predicted molar refractivity (Wildman–Crippen MR) is 100 cm³/mol. The van der Waals surface area contributed by atoms with Gasteiger partial charge in [0, 0.05) is 0 Å². The fourth-order valence-electron chi connectivity index (χ4n) is 2.59. The number of hydrogen-bond acceptors (Lipinski definition) is 3. The van der Waals surface area contributed by atoms with Gasteiger partial charge in [0.15, 0.2) is 0 Å². The summed E-state index contributed by atoms with van der Waals surface area (Å²) in [6.07, 6.45) is -4.46. The Bertz CT molecular complexity index is 808. The normalized spacial score (nSPS) is 12.4. The Morgan fingerprint density at radius 1 is 0.964 bits per heavy atom. The Kier molecular flexibility index (Phi) is 7.03. The molecule has 2 aromatic carbocycles. The van der Waals surface area contributed by atoms with Crippen LogP contribution in [0.1, 0.15) is 25.0 Å². The van der Waals surface area contributed by atoms with E-state index < -0.39 is 23.7 Å². The summed E-state index contributed by atoms with van der Waals surface area (Å²) >= 11 is 0. The summed E-state index contributed by atoms with van der Waals surface area (Å²) in [5.41, 5.74) is 4.18. The first-order valence-corrected chi connectivity index (χ1v) is 8.74. The van der Waals surface area contributed by atoms with Gasteiger partial charge in [-0.15, -0.1) is 0 Å². The van der Waals surface area contributed by atoms with Crippen LogP contribution in [0.25, 0.3) is 0 Å². The third-order valence-electron chi connectivity index (χ3n) is 4.03. The number of hydrazine groups is 1. The van der Waals surface area contributed by atoms with Gasteiger partial charge in [0.1, 0.15) is 6.04 Å². The van der Waals surface area contributed by atoms with E-state index in [1.54, 1.807) is 38.1 Å². The maximum Gasteiger partial charge on any atom is 0.418 e. The molecule has 3 N–H and O–H groups in total. The van der Waals surface area contributed by atoms with Crippen molar-refractivity contribution in [1.82, 2.24) is 10.7 Å². The Balaban J connectivity index is 2.01. The number of para-hydroxylation sites is 1. The highest BCUT2D eigenvalue weighted by atomic mass is 19.4. The molecule has 0 bridgehead atoms. The third-order valence-corrected chi connectivity index (χ3v) is 4.03. The molecule has 150 valence electrons. The van der Waals surface area contributed by atoms with E-state index in [2.05, 4.69) is 16.2 Å². The lowest BCUT2D eigenvalue weighted by molar-refractivity contribution is -0.137. The number of anilines is 1. The number of nitrogens with one attached hydrogen (secondary N) is 3.